The summed E-state index contributed by atoms with van der Waals surface area (Å²) in [5, 5.41) is 9.52. The second kappa shape index (κ2) is 6.17. The number of benzene rings is 1. The number of carbonyl (C=O) groups excluding carboxylic acids is 1. The molecule has 1 heterocycles. The Hall–Kier alpha value is -2.37. The number of hydrogen-bond donors (Lipinski definition) is 1. The van der Waals surface area contributed by atoms with Crippen molar-refractivity contribution in [2.24, 2.45) is 23.7 Å². The van der Waals surface area contributed by atoms with Gasteiger partial charge in [-0.2, -0.15) is 0 Å². The molecule has 1 aromatic rings. The molecule has 0 aromatic heterocycles. The fraction of sp³-hybridized carbons (Fsp3) is 0.474. The molecule has 1 N–H and O–H groups in total. The van der Waals surface area contributed by atoms with E-state index in [4.69, 9.17) is 0 Å². The van der Waals surface area contributed by atoms with E-state index < -0.39 is 17.8 Å². The lowest BCUT2D eigenvalue weighted by molar-refractivity contribution is -0.151. The van der Waals surface area contributed by atoms with E-state index in [0.29, 0.717) is 26.2 Å². The second-order valence-corrected chi connectivity index (χ2v) is 7.13. The Morgan fingerprint density at radius 2 is 1.56 bits per heavy atom. The number of allylic oxidation sites excluding steroid dienone is 2. The molecule has 1 saturated carbocycles. The van der Waals surface area contributed by atoms with Gasteiger partial charge in [-0.05, 0) is 42.5 Å². The number of carboxylic acids is 1. The van der Waals surface area contributed by atoms with Crippen LogP contribution in [-0.2, 0) is 9.59 Å². The smallest absolute Gasteiger partial charge is 0.307 e. The Kier molecular flexibility index (Phi) is 3.98. The molecule has 2 aliphatic carbocycles. The van der Waals surface area contributed by atoms with Gasteiger partial charge in [-0.15, -0.1) is 0 Å². The highest BCUT2D eigenvalue weighted by atomic mass is 19.1. The first kappa shape index (κ1) is 16.1. The highest BCUT2D eigenvalue weighted by Gasteiger charge is 2.52. The van der Waals surface area contributed by atoms with Crippen LogP contribution < -0.4 is 4.90 Å². The number of anilines is 1. The summed E-state index contributed by atoms with van der Waals surface area (Å²) < 4.78 is 13.0. The molecule has 4 rings (SSSR count). The van der Waals surface area contributed by atoms with E-state index in [1.165, 1.54) is 12.1 Å². The lowest BCUT2D eigenvalue weighted by Gasteiger charge is -2.38. The quantitative estimate of drug-likeness (QED) is 0.852. The van der Waals surface area contributed by atoms with Crippen LogP contribution in [-0.4, -0.2) is 48.1 Å². The molecule has 1 aromatic carbocycles. The van der Waals surface area contributed by atoms with Crippen molar-refractivity contribution in [3.05, 3.63) is 42.2 Å². The second-order valence-electron chi connectivity index (χ2n) is 7.13. The number of amides is 1. The minimum absolute atomic E-state index is 0.00282. The van der Waals surface area contributed by atoms with Crippen LogP contribution in [0.1, 0.15) is 6.42 Å². The van der Waals surface area contributed by atoms with Crippen molar-refractivity contribution in [1.29, 1.82) is 0 Å². The Labute approximate surface area is 145 Å². The van der Waals surface area contributed by atoms with Gasteiger partial charge in [0.05, 0.1) is 11.8 Å². The summed E-state index contributed by atoms with van der Waals surface area (Å²) in [4.78, 5) is 28.5. The van der Waals surface area contributed by atoms with E-state index in [1.54, 1.807) is 17.0 Å². The van der Waals surface area contributed by atoms with Crippen molar-refractivity contribution >= 4 is 17.6 Å². The Bertz CT molecular complexity index is 710. The summed E-state index contributed by atoms with van der Waals surface area (Å²) in [7, 11) is 0. The molecule has 0 radical (unpaired) electrons. The van der Waals surface area contributed by atoms with Crippen LogP contribution in [0.25, 0.3) is 0 Å². The zero-order valence-electron chi connectivity index (χ0n) is 13.8. The van der Waals surface area contributed by atoms with Crippen molar-refractivity contribution in [3.63, 3.8) is 0 Å². The molecule has 4 atom stereocenters. The van der Waals surface area contributed by atoms with Gasteiger partial charge in [-0.25, -0.2) is 4.39 Å². The molecule has 3 aliphatic rings. The number of carboxylic acid groups (broad SMARTS) is 1. The molecular formula is C19H21FN2O3. The lowest BCUT2D eigenvalue weighted by atomic mass is 9.82. The molecule has 25 heavy (non-hydrogen) atoms. The predicted molar refractivity (Wildman–Crippen MR) is 90.5 cm³/mol. The summed E-state index contributed by atoms with van der Waals surface area (Å²) in [5.74, 6) is -2.10. The van der Waals surface area contributed by atoms with Gasteiger partial charge in [-0.1, -0.05) is 12.2 Å². The normalized spacial score (nSPS) is 30.8. The van der Waals surface area contributed by atoms with Gasteiger partial charge in [0.15, 0.2) is 0 Å². The van der Waals surface area contributed by atoms with Gasteiger partial charge in [0.25, 0.3) is 0 Å². The number of halogens is 1. The average Bonchev–Trinajstić information content (AvgIpc) is 3.23. The minimum Gasteiger partial charge on any atom is -0.481 e. The first-order valence-corrected chi connectivity index (χ1v) is 8.75. The maximum absolute atomic E-state index is 13.0. The molecule has 1 saturated heterocycles. The molecule has 0 spiro atoms. The van der Waals surface area contributed by atoms with Crippen LogP contribution in [0.2, 0.25) is 0 Å². The fourth-order valence-electron chi connectivity index (χ4n) is 4.54. The van der Waals surface area contributed by atoms with E-state index in [0.717, 1.165) is 12.1 Å². The molecule has 0 unspecified atom stereocenters. The summed E-state index contributed by atoms with van der Waals surface area (Å²) in [5.41, 5.74) is 0.944. The minimum atomic E-state index is -0.861. The van der Waals surface area contributed by atoms with Gasteiger partial charge >= 0.3 is 5.97 Å². The van der Waals surface area contributed by atoms with Crippen LogP contribution in [0.4, 0.5) is 10.1 Å². The Balaban J connectivity index is 1.42. The third-order valence-electron chi connectivity index (χ3n) is 5.81. The summed E-state index contributed by atoms with van der Waals surface area (Å²) in [6, 6.07) is 6.36. The van der Waals surface area contributed by atoms with Crippen LogP contribution in [0.5, 0.6) is 0 Å². The van der Waals surface area contributed by atoms with E-state index >= 15 is 0 Å². The zero-order chi connectivity index (χ0) is 17.6. The SMILES string of the molecule is O=C(O)[C@H]1[C@H](C(=O)N2CCN(c3ccc(F)cc3)CC2)[C@H]2C=C[C@H]1C2. The van der Waals surface area contributed by atoms with Gasteiger partial charge < -0.3 is 14.9 Å². The molecule has 1 amide bonds. The van der Waals surface area contributed by atoms with Crippen molar-refractivity contribution in [1.82, 2.24) is 4.90 Å². The fourth-order valence-corrected chi connectivity index (χ4v) is 4.54. The van der Waals surface area contributed by atoms with E-state index in [2.05, 4.69) is 4.90 Å². The van der Waals surface area contributed by atoms with Crippen molar-refractivity contribution in [3.8, 4) is 0 Å². The molecule has 2 bridgehead atoms. The highest BCUT2D eigenvalue weighted by Crippen LogP contribution is 2.48. The van der Waals surface area contributed by atoms with Crippen LogP contribution in [0.3, 0.4) is 0 Å². The number of fused-ring (bicyclic) bond motifs is 2. The molecule has 5 nitrogen and oxygen atoms in total. The van der Waals surface area contributed by atoms with Gasteiger partial charge in [0.1, 0.15) is 5.82 Å². The number of rotatable bonds is 3. The summed E-state index contributed by atoms with van der Waals surface area (Å²) >= 11 is 0. The molecule has 1 aliphatic heterocycles. The van der Waals surface area contributed by atoms with Gasteiger partial charge in [0, 0.05) is 31.9 Å². The maximum Gasteiger partial charge on any atom is 0.307 e. The lowest BCUT2D eigenvalue weighted by Crippen LogP contribution is -2.52. The summed E-state index contributed by atoms with van der Waals surface area (Å²) in [6.45, 7) is 2.48. The number of piperazine rings is 1. The Morgan fingerprint density at radius 1 is 0.960 bits per heavy atom. The van der Waals surface area contributed by atoms with E-state index in [1.807, 2.05) is 12.2 Å². The summed E-state index contributed by atoms with van der Waals surface area (Å²) in [6.07, 6.45) is 4.75. The standard InChI is InChI=1S/C19H21FN2O3/c20-14-3-5-15(6-4-14)21-7-9-22(10-8-21)18(23)16-12-1-2-13(11-12)17(16)19(24)25/h1-6,12-13,16-17H,7-11H2,(H,24,25)/t12-,13-,16+,17+/m0/s1. The van der Waals surface area contributed by atoms with Crippen molar-refractivity contribution < 1.29 is 19.1 Å². The average molecular weight is 344 g/mol. The molecule has 6 heteroatoms. The number of aliphatic carboxylic acids is 1. The van der Waals surface area contributed by atoms with Gasteiger partial charge in [-0.3, -0.25) is 9.59 Å². The van der Waals surface area contributed by atoms with Crippen LogP contribution >= 0.6 is 0 Å². The molecular weight excluding hydrogens is 323 g/mol. The first-order valence-electron chi connectivity index (χ1n) is 8.75. The van der Waals surface area contributed by atoms with Crippen LogP contribution in [0, 0.1) is 29.5 Å². The van der Waals surface area contributed by atoms with Gasteiger partial charge in [0.2, 0.25) is 5.91 Å². The van der Waals surface area contributed by atoms with E-state index in [9.17, 15) is 19.1 Å². The highest BCUT2D eigenvalue weighted by molar-refractivity contribution is 5.87. The monoisotopic (exact) mass is 344 g/mol. The number of hydrogen-bond acceptors (Lipinski definition) is 3. The van der Waals surface area contributed by atoms with E-state index in [-0.39, 0.29) is 23.6 Å². The zero-order valence-corrected chi connectivity index (χ0v) is 13.8. The third kappa shape index (κ3) is 2.79. The molecule has 132 valence electrons. The first-order chi connectivity index (χ1) is 12.0. The van der Waals surface area contributed by atoms with Crippen molar-refractivity contribution in [2.45, 2.75) is 6.42 Å². The topological polar surface area (TPSA) is 60.9 Å². The maximum atomic E-state index is 13.0. The van der Waals surface area contributed by atoms with Crippen molar-refractivity contribution in [2.75, 3.05) is 31.1 Å². The largest absolute Gasteiger partial charge is 0.481 e. The number of nitrogens with zero attached hydrogens (tertiary/aromatic N) is 2. The Morgan fingerprint density at radius 3 is 2.16 bits per heavy atom. The number of carbonyl (C=O) groups is 2. The molecule has 2 fully saturated rings. The third-order valence-corrected chi connectivity index (χ3v) is 5.81. The van der Waals surface area contributed by atoms with Crippen LogP contribution in [0.15, 0.2) is 36.4 Å². The predicted octanol–water partition coefficient (Wildman–Crippen LogP) is 2.00.